The Kier molecular flexibility index (Phi) is 4.52. The maximum atomic E-state index is 11.8. The zero-order valence-electron chi connectivity index (χ0n) is 12.2. The molecule has 0 unspecified atom stereocenters. The summed E-state index contributed by atoms with van der Waals surface area (Å²) in [5, 5.41) is 19.4. The number of hydrogen-bond donors (Lipinski definition) is 3. The number of aromatic amines is 1. The summed E-state index contributed by atoms with van der Waals surface area (Å²) in [5.41, 5.74) is 0.545. The van der Waals surface area contributed by atoms with Crippen molar-refractivity contribution in [1.82, 2.24) is 15.2 Å². The third-order valence-electron chi connectivity index (χ3n) is 2.66. The molecule has 0 aliphatic heterocycles. The summed E-state index contributed by atoms with van der Waals surface area (Å²) in [7, 11) is 0. The highest BCUT2D eigenvalue weighted by atomic mass is 32.2. The molecule has 6 nitrogen and oxygen atoms in total. The second-order valence-electron chi connectivity index (χ2n) is 5.60. The van der Waals surface area contributed by atoms with Crippen LogP contribution in [0.1, 0.15) is 26.6 Å². The molecule has 7 heteroatoms. The average molecular weight is 306 g/mol. The lowest BCUT2D eigenvalue weighted by atomic mass is 9.96. The van der Waals surface area contributed by atoms with Gasteiger partial charge in [0.15, 0.2) is 0 Å². The monoisotopic (exact) mass is 306 g/mol. The van der Waals surface area contributed by atoms with Gasteiger partial charge in [-0.25, -0.2) is 4.98 Å². The van der Waals surface area contributed by atoms with Gasteiger partial charge in [-0.1, -0.05) is 32.5 Å². The van der Waals surface area contributed by atoms with Crippen LogP contribution in [0.2, 0.25) is 0 Å². The first-order valence-electron chi connectivity index (χ1n) is 6.49. The fraction of sp³-hybridized carbons (Fsp3) is 0.357. The Bertz CT molecular complexity index is 617. The Morgan fingerprint density at radius 1 is 1.33 bits per heavy atom. The summed E-state index contributed by atoms with van der Waals surface area (Å²) < 4.78 is 0. The number of carbonyl (C=O) groups excluding carboxylic acids is 1. The van der Waals surface area contributed by atoms with Crippen molar-refractivity contribution in [2.24, 2.45) is 0 Å². The van der Waals surface area contributed by atoms with Gasteiger partial charge in [0.05, 0.1) is 5.75 Å². The quantitative estimate of drug-likeness (QED) is 0.596. The van der Waals surface area contributed by atoms with Gasteiger partial charge in [0.2, 0.25) is 11.1 Å². The summed E-state index contributed by atoms with van der Waals surface area (Å²) in [6.45, 7) is 6.12. The minimum Gasteiger partial charge on any atom is -0.508 e. The van der Waals surface area contributed by atoms with Crippen LogP contribution in [0.5, 0.6) is 5.75 Å². The second kappa shape index (κ2) is 6.17. The van der Waals surface area contributed by atoms with Crippen LogP contribution < -0.4 is 5.32 Å². The van der Waals surface area contributed by atoms with E-state index < -0.39 is 0 Å². The molecule has 21 heavy (non-hydrogen) atoms. The molecule has 1 heterocycles. The first-order chi connectivity index (χ1) is 9.84. The number of benzene rings is 1. The van der Waals surface area contributed by atoms with E-state index in [2.05, 4.69) is 20.5 Å². The normalized spacial score (nSPS) is 11.4. The van der Waals surface area contributed by atoms with Crippen molar-refractivity contribution in [3.05, 3.63) is 30.1 Å². The number of nitrogens with one attached hydrogen (secondary N) is 2. The average Bonchev–Trinajstić information content (AvgIpc) is 2.88. The molecule has 2 rings (SSSR count). The van der Waals surface area contributed by atoms with Gasteiger partial charge >= 0.3 is 0 Å². The summed E-state index contributed by atoms with van der Waals surface area (Å²) in [5.74, 6) is 1.04. The van der Waals surface area contributed by atoms with E-state index in [1.54, 1.807) is 12.1 Å². The number of phenols is 1. The van der Waals surface area contributed by atoms with Crippen molar-refractivity contribution in [2.75, 3.05) is 11.1 Å². The molecule has 2 aromatic rings. The predicted octanol–water partition coefficient (Wildman–Crippen LogP) is 2.54. The first-order valence-corrected chi connectivity index (χ1v) is 7.48. The number of aromatic hydroxyl groups is 1. The van der Waals surface area contributed by atoms with E-state index in [-0.39, 0.29) is 22.8 Å². The molecule has 112 valence electrons. The van der Waals surface area contributed by atoms with E-state index >= 15 is 0 Å². The molecule has 0 radical (unpaired) electrons. The fourth-order valence-electron chi connectivity index (χ4n) is 1.52. The van der Waals surface area contributed by atoms with Crippen molar-refractivity contribution in [1.29, 1.82) is 0 Å². The number of H-pyrrole nitrogens is 1. The van der Waals surface area contributed by atoms with Crippen LogP contribution in [0.4, 0.5) is 5.69 Å². The standard InChI is InChI=1S/C14H18N4O2S/c1-14(2,3)12-16-13(18-17-12)21-8-11(20)15-9-4-6-10(19)7-5-9/h4-7,19H,8H2,1-3H3,(H,15,20)(H,16,17,18). The fourth-order valence-corrected chi connectivity index (χ4v) is 2.12. The van der Waals surface area contributed by atoms with Crippen molar-refractivity contribution in [3.8, 4) is 5.75 Å². The maximum Gasteiger partial charge on any atom is 0.234 e. The number of aromatic nitrogens is 3. The van der Waals surface area contributed by atoms with Crippen molar-refractivity contribution in [3.63, 3.8) is 0 Å². The predicted molar refractivity (Wildman–Crippen MR) is 82.5 cm³/mol. The van der Waals surface area contributed by atoms with Crippen LogP contribution in [-0.2, 0) is 10.2 Å². The van der Waals surface area contributed by atoms with Crippen LogP contribution in [0.3, 0.4) is 0 Å². The lowest BCUT2D eigenvalue weighted by Crippen LogP contribution is -2.14. The Labute approximate surface area is 127 Å². The largest absolute Gasteiger partial charge is 0.508 e. The Hall–Kier alpha value is -2.02. The van der Waals surface area contributed by atoms with E-state index in [4.69, 9.17) is 0 Å². The molecule has 0 bridgehead atoms. The van der Waals surface area contributed by atoms with E-state index in [1.807, 2.05) is 20.8 Å². The summed E-state index contributed by atoms with van der Waals surface area (Å²) in [4.78, 5) is 16.2. The van der Waals surface area contributed by atoms with Gasteiger partial charge in [-0.05, 0) is 24.3 Å². The number of amides is 1. The highest BCUT2D eigenvalue weighted by Gasteiger charge is 2.19. The van der Waals surface area contributed by atoms with Gasteiger partial charge in [0.25, 0.3) is 0 Å². The summed E-state index contributed by atoms with van der Waals surface area (Å²) in [6.07, 6.45) is 0. The minimum atomic E-state index is -0.146. The Morgan fingerprint density at radius 2 is 2.00 bits per heavy atom. The molecule has 0 spiro atoms. The summed E-state index contributed by atoms with van der Waals surface area (Å²) in [6, 6.07) is 6.33. The Balaban J connectivity index is 1.86. The number of rotatable bonds is 4. The molecule has 1 aromatic heterocycles. The number of hydrogen-bond acceptors (Lipinski definition) is 5. The molecule has 0 aliphatic rings. The maximum absolute atomic E-state index is 11.8. The topological polar surface area (TPSA) is 90.9 Å². The van der Waals surface area contributed by atoms with Crippen molar-refractivity contribution in [2.45, 2.75) is 31.3 Å². The van der Waals surface area contributed by atoms with Crippen LogP contribution >= 0.6 is 11.8 Å². The molecule has 0 saturated heterocycles. The third-order valence-corrected chi connectivity index (χ3v) is 3.51. The van der Waals surface area contributed by atoms with E-state index in [1.165, 1.54) is 23.9 Å². The van der Waals surface area contributed by atoms with E-state index in [9.17, 15) is 9.90 Å². The molecule has 0 saturated carbocycles. The van der Waals surface area contributed by atoms with Gasteiger partial charge in [-0.15, -0.1) is 5.10 Å². The highest BCUT2D eigenvalue weighted by molar-refractivity contribution is 7.99. The Morgan fingerprint density at radius 3 is 2.57 bits per heavy atom. The molecule has 0 atom stereocenters. The van der Waals surface area contributed by atoms with Crippen LogP contribution in [0.25, 0.3) is 0 Å². The SMILES string of the molecule is CC(C)(C)c1nc(SCC(=O)Nc2ccc(O)cc2)n[nH]1. The molecule has 3 N–H and O–H groups in total. The van der Waals surface area contributed by atoms with Crippen molar-refractivity contribution < 1.29 is 9.90 Å². The smallest absolute Gasteiger partial charge is 0.234 e. The zero-order chi connectivity index (χ0) is 15.5. The van der Waals surface area contributed by atoms with Crippen LogP contribution in [0, 0.1) is 0 Å². The highest BCUT2D eigenvalue weighted by Crippen LogP contribution is 2.21. The van der Waals surface area contributed by atoms with E-state index in [0.717, 1.165) is 5.82 Å². The lowest BCUT2D eigenvalue weighted by molar-refractivity contribution is -0.113. The van der Waals surface area contributed by atoms with Crippen LogP contribution in [-0.4, -0.2) is 31.9 Å². The van der Waals surface area contributed by atoms with Crippen LogP contribution in [0.15, 0.2) is 29.4 Å². The third kappa shape index (κ3) is 4.49. The molecular weight excluding hydrogens is 288 g/mol. The molecule has 1 aromatic carbocycles. The molecule has 1 amide bonds. The van der Waals surface area contributed by atoms with Gasteiger partial charge < -0.3 is 10.4 Å². The number of nitrogens with zero attached hydrogens (tertiary/aromatic N) is 2. The van der Waals surface area contributed by atoms with Gasteiger partial charge in [-0.3, -0.25) is 9.89 Å². The number of thioether (sulfide) groups is 1. The second-order valence-corrected chi connectivity index (χ2v) is 6.54. The first kappa shape index (κ1) is 15.4. The summed E-state index contributed by atoms with van der Waals surface area (Å²) >= 11 is 1.27. The van der Waals surface area contributed by atoms with Crippen molar-refractivity contribution >= 4 is 23.4 Å². The number of anilines is 1. The minimum absolute atomic E-state index is 0.0971. The van der Waals surface area contributed by atoms with Gasteiger partial charge in [0, 0.05) is 11.1 Å². The van der Waals surface area contributed by atoms with Gasteiger partial charge in [-0.2, -0.15) is 0 Å². The molecule has 0 aliphatic carbocycles. The molecular formula is C14H18N4O2S. The lowest BCUT2D eigenvalue weighted by Gasteiger charge is -2.12. The molecule has 0 fully saturated rings. The number of phenolic OH excluding ortho intramolecular Hbond substituents is 1. The zero-order valence-corrected chi connectivity index (χ0v) is 13.0. The van der Waals surface area contributed by atoms with Gasteiger partial charge in [0.1, 0.15) is 11.6 Å². The van der Waals surface area contributed by atoms with E-state index in [0.29, 0.717) is 10.8 Å². The number of carbonyl (C=O) groups is 1.